The van der Waals surface area contributed by atoms with Crippen LogP contribution in [-0.4, -0.2) is 50.0 Å². The zero-order chi connectivity index (χ0) is 21.6. The van der Waals surface area contributed by atoms with Crippen molar-refractivity contribution in [2.45, 2.75) is 45.2 Å². The maximum atomic E-state index is 12.6. The third kappa shape index (κ3) is 5.39. The van der Waals surface area contributed by atoms with Gasteiger partial charge in [-0.25, -0.2) is 0 Å². The molecule has 166 valence electrons. The number of carbonyl (C=O) groups is 1. The summed E-state index contributed by atoms with van der Waals surface area (Å²) < 4.78 is 0. The van der Waals surface area contributed by atoms with Crippen LogP contribution in [0.2, 0.25) is 0 Å². The zero-order valence-electron chi connectivity index (χ0n) is 18.6. The number of rotatable bonds is 6. The highest BCUT2D eigenvalue weighted by molar-refractivity contribution is 7.10. The van der Waals surface area contributed by atoms with E-state index in [1.165, 1.54) is 34.5 Å². The Balaban J connectivity index is 1.25. The molecule has 1 aromatic carbocycles. The summed E-state index contributed by atoms with van der Waals surface area (Å²) in [5.41, 5.74) is 3.84. The second-order valence-electron chi connectivity index (χ2n) is 8.34. The lowest BCUT2D eigenvalue weighted by atomic mass is 10.1. The standard InChI is InChI=1S/C24H33N5OS/c1-18(19-6-5-7-21(16-19)28-12-3-4-13-28)27-24(25-2)26-11-8-23(30)29-14-9-22-20(17-29)10-15-31-22/h5-7,10,15-16,18H,3-4,8-9,11-14,17H2,1-2H3,(H2,25,26,27). The van der Waals surface area contributed by atoms with Gasteiger partial charge in [-0.3, -0.25) is 9.79 Å². The number of anilines is 1. The van der Waals surface area contributed by atoms with Gasteiger partial charge in [0.15, 0.2) is 5.96 Å². The lowest BCUT2D eigenvalue weighted by Crippen LogP contribution is -2.41. The number of hydrogen-bond donors (Lipinski definition) is 2. The van der Waals surface area contributed by atoms with Crippen molar-refractivity contribution in [2.75, 3.05) is 38.1 Å². The van der Waals surface area contributed by atoms with E-state index in [-0.39, 0.29) is 11.9 Å². The molecule has 1 fully saturated rings. The molecule has 7 heteroatoms. The van der Waals surface area contributed by atoms with Crippen molar-refractivity contribution in [3.8, 4) is 0 Å². The first kappa shape index (κ1) is 21.7. The van der Waals surface area contributed by atoms with E-state index in [2.05, 4.69) is 63.2 Å². The second-order valence-corrected chi connectivity index (χ2v) is 9.34. The highest BCUT2D eigenvalue weighted by Crippen LogP contribution is 2.25. The summed E-state index contributed by atoms with van der Waals surface area (Å²) in [6, 6.07) is 11.0. The Bertz CT molecular complexity index is 918. The Kier molecular flexibility index (Phi) is 7.12. The van der Waals surface area contributed by atoms with Crippen LogP contribution >= 0.6 is 11.3 Å². The van der Waals surface area contributed by atoms with E-state index in [0.717, 1.165) is 38.6 Å². The van der Waals surface area contributed by atoms with Crippen LogP contribution in [0.5, 0.6) is 0 Å². The van der Waals surface area contributed by atoms with Gasteiger partial charge in [-0.2, -0.15) is 0 Å². The number of amides is 1. The van der Waals surface area contributed by atoms with Crippen molar-refractivity contribution in [3.05, 3.63) is 51.7 Å². The average Bonchev–Trinajstić information content (AvgIpc) is 3.49. The van der Waals surface area contributed by atoms with E-state index < -0.39 is 0 Å². The Morgan fingerprint density at radius 2 is 2.06 bits per heavy atom. The van der Waals surface area contributed by atoms with Crippen LogP contribution < -0.4 is 15.5 Å². The summed E-state index contributed by atoms with van der Waals surface area (Å²) in [5.74, 6) is 0.928. The molecule has 2 N–H and O–H groups in total. The molecule has 2 aliphatic heterocycles. The Morgan fingerprint density at radius 1 is 1.23 bits per heavy atom. The number of guanidine groups is 1. The second kappa shape index (κ2) is 10.2. The van der Waals surface area contributed by atoms with Gasteiger partial charge in [-0.15, -0.1) is 11.3 Å². The lowest BCUT2D eigenvalue weighted by Gasteiger charge is -2.27. The van der Waals surface area contributed by atoms with Crippen LogP contribution in [0.25, 0.3) is 0 Å². The van der Waals surface area contributed by atoms with Gasteiger partial charge < -0.3 is 20.4 Å². The number of thiophene rings is 1. The van der Waals surface area contributed by atoms with Gasteiger partial charge in [0.1, 0.15) is 0 Å². The van der Waals surface area contributed by atoms with Gasteiger partial charge in [0.2, 0.25) is 5.91 Å². The highest BCUT2D eigenvalue weighted by Gasteiger charge is 2.21. The SMILES string of the molecule is CN=C(NCCC(=O)N1CCc2sccc2C1)NC(C)c1cccc(N2CCCC2)c1. The van der Waals surface area contributed by atoms with Crippen LogP contribution in [0, 0.1) is 0 Å². The molecule has 1 aromatic heterocycles. The quantitative estimate of drug-likeness (QED) is 0.534. The van der Waals surface area contributed by atoms with Crippen molar-refractivity contribution < 1.29 is 4.79 Å². The van der Waals surface area contributed by atoms with Gasteiger partial charge in [0.05, 0.1) is 6.04 Å². The van der Waals surface area contributed by atoms with Gasteiger partial charge in [0, 0.05) is 56.8 Å². The third-order valence-corrected chi connectivity index (χ3v) is 7.23. The summed E-state index contributed by atoms with van der Waals surface area (Å²) >= 11 is 1.80. The molecule has 1 amide bonds. The summed E-state index contributed by atoms with van der Waals surface area (Å²) in [7, 11) is 1.77. The van der Waals surface area contributed by atoms with Crippen molar-refractivity contribution in [1.29, 1.82) is 0 Å². The van der Waals surface area contributed by atoms with Crippen LogP contribution in [0.3, 0.4) is 0 Å². The number of carbonyl (C=O) groups excluding carboxylic acids is 1. The van der Waals surface area contributed by atoms with E-state index >= 15 is 0 Å². The number of nitrogens with one attached hydrogen (secondary N) is 2. The monoisotopic (exact) mass is 439 g/mol. The number of benzene rings is 1. The van der Waals surface area contributed by atoms with Crippen molar-refractivity contribution in [3.63, 3.8) is 0 Å². The molecule has 1 saturated heterocycles. The topological polar surface area (TPSA) is 60.0 Å². The number of nitrogens with zero attached hydrogens (tertiary/aromatic N) is 3. The molecule has 4 rings (SSSR count). The molecule has 0 spiro atoms. The fraction of sp³-hybridized carbons (Fsp3) is 0.500. The normalized spacial score (nSPS) is 17.4. The molecule has 1 atom stereocenters. The van der Waals surface area contributed by atoms with Gasteiger partial charge in [0.25, 0.3) is 0 Å². The first-order chi connectivity index (χ1) is 15.1. The molecule has 2 aliphatic rings. The average molecular weight is 440 g/mol. The van der Waals surface area contributed by atoms with Crippen LogP contribution in [0.1, 0.15) is 48.2 Å². The molecule has 31 heavy (non-hydrogen) atoms. The first-order valence-electron chi connectivity index (χ1n) is 11.3. The fourth-order valence-electron chi connectivity index (χ4n) is 4.36. The molecule has 6 nitrogen and oxygen atoms in total. The van der Waals surface area contributed by atoms with Gasteiger partial charge in [-0.05, 0) is 60.9 Å². The summed E-state index contributed by atoms with van der Waals surface area (Å²) in [6.45, 7) is 6.58. The molecule has 0 bridgehead atoms. The zero-order valence-corrected chi connectivity index (χ0v) is 19.4. The number of hydrogen-bond acceptors (Lipinski definition) is 4. The molecule has 2 aromatic rings. The smallest absolute Gasteiger partial charge is 0.224 e. The Hall–Kier alpha value is -2.54. The largest absolute Gasteiger partial charge is 0.372 e. The van der Waals surface area contributed by atoms with Crippen molar-refractivity contribution >= 4 is 28.9 Å². The van der Waals surface area contributed by atoms with Gasteiger partial charge in [-0.1, -0.05) is 12.1 Å². The molecular weight excluding hydrogens is 406 g/mol. The molecule has 0 saturated carbocycles. The summed E-state index contributed by atoms with van der Waals surface area (Å²) in [6.07, 6.45) is 4.00. The van der Waals surface area contributed by atoms with E-state index in [4.69, 9.17) is 0 Å². The maximum Gasteiger partial charge on any atom is 0.224 e. The number of aliphatic imine (C=N–C) groups is 1. The highest BCUT2D eigenvalue weighted by atomic mass is 32.1. The fourth-order valence-corrected chi connectivity index (χ4v) is 5.25. The Labute approximate surface area is 189 Å². The molecule has 0 radical (unpaired) electrons. The maximum absolute atomic E-state index is 12.6. The van der Waals surface area contributed by atoms with Crippen LogP contribution in [0.4, 0.5) is 5.69 Å². The number of fused-ring (bicyclic) bond motifs is 1. The predicted molar refractivity (Wildman–Crippen MR) is 129 cm³/mol. The predicted octanol–water partition coefficient (Wildman–Crippen LogP) is 3.55. The first-order valence-corrected chi connectivity index (χ1v) is 12.2. The minimum Gasteiger partial charge on any atom is -0.372 e. The minimum absolute atomic E-state index is 0.128. The molecular formula is C24H33N5OS. The van der Waals surface area contributed by atoms with E-state index in [1.54, 1.807) is 18.4 Å². The van der Waals surface area contributed by atoms with Crippen molar-refractivity contribution in [2.24, 2.45) is 4.99 Å². The third-order valence-electron chi connectivity index (χ3n) is 6.21. The van der Waals surface area contributed by atoms with Gasteiger partial charge >= 0.3 is 0 Å². The van der Waals surface area contributed by atoms with Crippen LogP contribution in [0.15, 0.2) is 40.7 Å². The molecule has 1 unspecified atom stereocenters. The van der Waals surface area contributed by atoms with Crippen LogP contribution in [-0.2, 0) is 17.8 Å². The summed E-state index contributed by atoms with van der Waals surface area (Å²) in [4.78, 5) is 22.8. The van der Waals surface area contributed by atoms with Crippen molar-refractivity contribution in [1.82, 2.24) is 15.5 Å². The Morgan fingerprint density at radius 3 is 2.87 bits per heavy atom. The molecule has 3 heterocycles. The molecule has 0 aliphatic carbocycles. The minimum atomic E-state index is 0.128. The van der Waals surface area contributed by atoms with E-state index in [1.807, 2.05) is 4.90 Å². The summed E-state index contributed by atoms with van der Waals surface area (Å²) in [5, 5.41) is 8.89. The van der Waals surface area contributed by atoms with E-state index in [9.17, 15) is 4.79 Å². The van der Waals surface area contributed by atoms with E-state index in [0.29, 0.717) is 13.0 Å². The lowest BCUT2D eigenvalue weighted by molar-refractivity contribution is -0.131.